The van der Waals surface area contributed by atoms with Crippen LogP contribution in [0.2, 0.25) is 0 Å². The molecule has 1 aromatic heterocycles. The molecule has 1 amide bonds. The summed E-state index contributed by atoms with van der Waals surface area (Å²) in [4.78, 5) is 12.2. The summed E-state index contributed by atoms with van der Waals surface area (Å²) in [6, 6.07) is 5.06. The standard InChI is InChI=1S/C15H17NO3/c1-4-14-11(5-6-19-14)15(18)16-12-7-10(3)13(17)8-9(12)2/h5-8,17H,4H2,1-3H3,(H,16,18). The molecule has 0 radical (unpaired) electrons. The lowest BCUT2D eigenvalue weighted by molar-refractivity contribution is 0.102. The molecule has 0 spiro atoms. The van der Waals surface area contributed by atoms with Gasteiger partial charge < -0.3 is 14.8 Å². The Bertz CT molecular complexity index is 614. The fourth-order valence-corrected chi connectivity index (χ4v) is 1.94. The van der Waals surface area contributed by atoms with Gasteiger partial charge in [0.15, 0.2) is 0 Å². The number of hydrogen-bond donors (Lipinski definition) is 2. The van der Waals surface area contributed by atoms with Crippen molar-refractivity contribution < 1.29 is 14.3 Å². The molecule has 0 saturated carbocycles. The number of rotatable bonds is 3. The number of amides is 1. The second kappa shape index (κ2) is 5.18. The van der Waals surface area contributed by atoms with E-state index < -0.39 is 0 Å². The van der Waals surface area contributed by atoms with E-state index in [2.05, 4.69) is 5.32 Å². The first kappa shape index (κ1) is 13.2. The van der Waals surface area contributed by atoms with Crippen LogP contribution in [0.25, 0.3) is 0 Å². The van der Waals surface area contributed by atoms with Crippen LogP contribution in [-0.2, 0) is 6.42 Å². The fraction of sp³-hybridized carbons (Fsp3) is 0.267. The van der Waals surface area contributed by atoms with Gasteiger partial charge in [0.25, 0.3) is 5.91 Å². The summed E-state index contributed by atoms with van der Waals surface area (Å²) in [5, 5.41) is 12.4. The molecule has 0 unspecified atom stereocenters. The lowest BCUT2D eigenvalue weighted by Gasteiger charge is -2.10. The third-order valence-corrected chi connectivity index (χ3v) is 3.10. The third-order valence-electron chi connectivity index (χ3n) is 3.10. The van der Waals surface area contributed by atoms with E-state index in [1.54, 1.807) is 25.1 Å². The number of anilines is 1. The highest BCUT2D eigenvalue weighted by Crippen LogP contribution is 2.25. The number of phenols is 1. The van der Waals surface area contributed by atoms with Gasteiger partial charge in [0, 0.05) is 12.1 Å². The van der Waals surface area contributed by atoms with E-state index in [4.69, 9.17) is 4.42 Å². The second-order valence-electron chi connectivity index (χ2n) is 4.52. The molecule has 4 heteroatoms. The Balaban J connectivity index is 2.27. The van der Waals surface area contributed by atoms with Crippen molar-refractivity contribution in [1.82, 2.24) is 0 Å². The van der Waals surface area contributed by atoms with Gasteiger partial charge in [-0.1, -0.05) is 6.92 Å². The van der Waals surface area contributed by atoms with Crippen molar-refractivity contribution in [3.8, 4) is 5.75 Å². The number of phenolic OH excluding ortho intramolecular Hbond substituents is 1. The summed E-state index contributed by atoms with van der Waals surface area (Å²) in [6.07, 6.45) is 2.19. The van der Waals surface area contributed by atoms with Gasteiger partial charge in [-0.05, 0) is 43.2 Å². The van der Waals surface area contributed by atoms with E-state index in [0.29, 0.717) is 23.4 Å². The van der Waals surface area contributed by atoms with Crippen molar-refractivity contribution in [3.63, 3.8) is 0 Å². The minimum absolute atomic E-state index is 0.196. The van der Waals surface area contributed by atoms with Gasteiger partial charge in [-0.2, -0.15) is 0 Å². The van der Waals surface area contributed by atoms with Crippen LogP contribution in [-0.4, -0.2) is 11.0 Å². The predicted molar refractivity (Wildman–Crippen MR) is 73.6 cm³/mol. The molecule has 2 aromatic rings. The Kier molecular flexibility index (Phi) is 3.60. The number of aromatic hydroxyl groups is 1. The second-order valence-corrected chi connectivity index (χ2v) is 4.52. The Hall–Kier alpha value is -2.23. The number of carbonyl (C=O) groups excluding carboxylic acids is 1. The first-order valence-corrected chi connectivity index (χ1v) is 6.20. The van der Waals surface area contributed by atoms with Crippen LogP contribution in [0.4, 0.5) is 5.69 Å². The van der Waals surface area contributed by atoms with Crippen LogP contribution in [0.5, 0.6) is 5.75 Å². The average molecular weight is 259 g/mol. The molecular weight excluding hydrogens is 242 g/mol. The zero-order valence-corrected chi connectivity index (χ0v) is 11.3. The van der Waals surface area contributed by atoms with Crippen LogP contribution in [0.1, 0.15) is 34.2 Å². The molecule has 0 bridgehead atoms. The Morgan fingerprint density at radius 2 is 2.05 bits per heavy atom. The maximum Gasteiger partial charge on any atom is 0.259 e. The molecule has 1 aromatic carbocycles. The van der Waals surface area contributed by atoms with E-state index in [1.807, 2.05) is 13.8 Å². The summed E-state index contributed by atoms with van der Waals surface area (Å²) in [6.45, 7) is 5.57. The SMILES string of the molecule is CCc1occc1C(=O)Nc1cc(C)c(O)cc1C. The Morgan fingerprint density at radius 1 is 1.32 bits per heavy atom. The minimum atomic E-state index is -0.196. The first-order chi connectivity index (χ1) is 9.02. The molecule has 2 rings (SSSR count). The van der Waals surface area contributed by atoms with Gasteiger partial charge in [-0.25, -0.2) is 0 Å². The largest absolute Gasteiger partial charge is 0.508 e. The van der Waals surface area contributed by atoms with E-state index in [9.17, 15) is 9.90 Å². The maximum absolute atomic E-state index is 12.2. The molecule has 4 nitrogen and oxygen atoms in total. The van der Waals surface area contributed by atoms with Gasteiger partial charge >= 0.3 is 0 Å². The lowest BCUT2D eigenvalue weighted by atomic mass is 10.1. The quantitative estimate of drug-likeness (QED) is 0.830. The van der Waals surface area contributed by atoms with Crippen molar-refractivity contribution >= 4 is 11.6 Å². The smallest absolute Gasteiger partial charge is 0.259 e. The summed E-state index contributed by atoms with van der Waals surface area (Å²) in [7, 11) is 0. The molecule has 0 aliphatic carbocycles. The maximum atomic E-state index is 12.2. The number of aryl methyl sites for hydroxylation is 3. The normalized spacial score (nSPS) is 10.5. The predicted octanol–water partition coefficient (Wildman–Crippen LogP) is 3.42. The van der Waals surface area contributed by atoms with E-state index in [1.165, 1.54) is 6.26 Å². The van der Waals surface area contributed by atoms with Crippen LogP contribution >= 0.6 is 0 Å². The van der Waals surface area contributed by atoms with E-state index in [0.717, 1.165) is 11.1 Å². The molecule has 19 heavy (non-hydrogen) atoms. The zero-order chi connectivity index (χ0) is 14.0. The topological polar surface area (TPSA) is 62.5 Å². The number of furan rings is 1. The van der Waals surface area contributed by atoms with Gasteiger partial charge in [-0.3, -0.25) is 4.79 Å². The average Bonchev–Trinajstić information content (AvgIpc) is 2.84. The van der Waals surface area contributed by atoms with Crippen LogP contribution in [0, 0.1) is 13.8 Å². The van der Waals surface area contributed by atoms with Crippen molar-refractivity contribution in [2.45, 2.75) is 27.2 Å². The summed E-state index contributed by atoms with van der Waals surface area (Å²) < 4.78 is 5.24. The minimum Gasteiger partial charge on any atom is -0.508 e. The molecular formula is C15H17NO3. The highest BCUT2D eigenvalue weighted by atomic mass is 16.3. The van der Waals surface area contributed by atoms with Crippen molar-refractivity contribution in [1.29, 1.82) is 0 Å². The molecule has 0 aliphatic rings. The zero-order valence-electron chi connectivity index (χ0n) is 11.3. The number of nitrogens with one attached hydrogen (secondary N) is 1. The highest BCUT2D eigenvalue weighted by Gasteiger charge is 2.14. The molecule has 1 heterocycles. The summed E-state index contributed by atoms with van der Waals surface area (Å²) in [5.41, 5.74) is 2.79. The lowest BCUT2D eigenvalue weighted by Crippen LogP contribution is -2.13. The fourth-order valence-electron chi connectivity index (χ4n) is 1.94. The Labute approximate surface area is 112 Å². The third kappa shape index (κ3) is 2.62. The molecule has 2 N–H and O–H groups in total. The summed E-state index contributed by atoms with van der Waals surface area (Å²) in [5.74, 6) is 0.706. The molecule has 0 saturated heterocycles. The molecule has 0 atom stereocenters. The van der Waals surface area contributed by atoms with Crippen molar-refractivity contribution in [2.24, 2.45) is 0 Å². The molecule has 0 fully saturated rings. The van der Waals surface area contributed by atoms with Crippen LogP contribution in [0.15, 0.2) is 28.9 Å². The number of carbonyl (C=O) groups is 1. The van der Waals surface area contributed by atoms with E-state index in [-0.39, 0.29) is 11.7 Å². The van der Waals surface area contributed by atoms with Crippen molar-refractivity contribution in [3.05, 3.63) is 46.9 Å². The van der Waals surface area contributed by atoms with Crippen molar-refractivity contribution in [2.75, 3.05) is 5.32 Å². The molecule has 0 aliphatic heterocycles. The van der Waals surface area contributed by atoms with Gasteiger partial charge in [0.2, 0.25) is 0 Å². The first-order valence-electron chi connectivity index (χ1n) is 6.20. The van der Waals surface area contributed by atoms with Crippen LogP contribution in [0.3, 0.4) is 0 Å². The van der Waals surface area contributed by atoms with Gasteiger partial charge in [0.1, 0.15) is 11.5 Å². The van der Waals surface area contributed by atoms with Gasteiger partial charge in [0.05, 0.1) is 11.8 Å². The molecule has 100 valence electrons. The Morgan fingerprint density at radius 3 is 2.74 bits per heavy atom. The van der Waals surface area contributed by atoms with E-state index >= 15 is 0 Å². The van der Waals surface area contributed by atoms with Crippen LogP contribution < -0.4 is 5.32 Å². The summed E-state index contributed by atoms with van der Waals surface area (Å²) >= 11 is 0. The highest BCUT2D eigenvalue weighted by molar-refractivity contribution is 6.05. The van der Waals surface area contributed by atoms with Gasteiger partial charge in [-0.15, -0.1) is 0 Å². The monoisotopic (exact) mass is 259 g/mol. The number of hydrogen-bond acceptors (Lipinski definition) is 3. The number of benzene rings is 1.